The van der Waals surface area contributed by atoms with E-state index >= 15 is 0 Å². The molecule has 88 valence electrons. The van der Waals surface area contributed by atoms with Crippen LogP contribution in [0.25, 0.3) is 0 Å². The minimum Gasteiger partial charge on any atom is -0.481 e. The summed E-state index contributed by atoms with van der Waals surface area (Å²) in [5, 5.41) is 17.1. The molecule has 0 aliphatic heterocycles. The molecule has 2 N–H and O–H groups in total. The third-order valence-corrected chi connectivity index (χ3v) is 1.98. The van der Waals surface area contributed by atoms with Gasteiger partial charge in [-0.05, 0) is 0 Å². The van der Waals surface area contributed by atoms with Crippen LogP contribution in [0.4, 0.5) is 0 Å². The van der Waals surface area contributed by atoms with Gasteiger partial charge in [-0.1, -0.05) is 34.8 Å². The molecule has 0 aliphatic carbocycles. The molecule has 0 spiro atoms. The number of aliphatic hydroxyl groups excluding tert-OH is 1. The van der Waals surface area contributed by atoms with E-state index in [-0.39, 0.29) is 26.1 Å². The number of nitrogens with zero attached hydrogens (tertiary/aromatic N) is 1. The lowest BCUT2D eigenvalue weighted by Gasteiger charge is -2.24. The third-order valence-electron chi connectivity index (χ3n) is 1.50. The molecule has 0 fully saturated rings. The molecule has 0 heterocycles. The van der Waals surface area contributed by atoms with E-state index in [1.165, 1.54) is 0 Å². The maximum Gasteiger partial charge on any atom is 0.305 e. The van der Waals surface area contributed by atoms with Crippen LogP contribution in [0.3, 0.4) is 0 Å². The van der Waals surface area contributed by atoms with E-state index in [0.29, 0.717) is 0 Å². The Morgan fingerprint density at radius 2 is 1.73 bits per heavy atom. The van der Waals surface area contributed by atoms with E-state index in [9.17, 15) is 9.59 Å². The summed E-state index contributed by atoms with van der Waals surface area (Å²) in [5.41, 5.74) is 0. The molecular weight excluding hydrogens is 268 g/mol. The van der Waals surface area contributed by atoms with Gasteiger partial charge in [0.2, 0.25) is 0 Å². The number of halogens is 3. The van der Waals surface area contributed by atoms with Crippen molar-refractivity contribution in [3.63, 3.8) is 0 Å². The smallest absolute Gasteiger partial charge is 0.305 e. The average molecular weight is 279 g/mol. The van der Waals surface area contributed by atoms with Crippen molar-refractivity contribution >= 4 is 46.7 Å². The van der Waals surface area contributed by atoms with Crippen LogP contribution < -0.4 is 0 Å². The molecule has 0 rings (SSSR count). The lowest BCUT2D eigenvalue weighted by atomic mass is 10.3. The maximum absolute atomic E-state index is 11.4. The summed E-state index contributed by atoms with van der Waals surface area (Å²) in [6, 6.07) is 0. The van der Waals surface area contributed by atoms with Gasteiger partial charge in [-0.15, -0.1) is 0 Å². The SMILES string of the molecule is O=C(O)CCN(CCO)C(=O)C(Cl)(Cl)Cl. The predicted octanol–water partition coefficient (Wildman–Crippen LogP) is 0.652. The summed E-state index contributed by atoms with van der Waals surface area (Å²) in [7, 11) is 0. The number of rotatable bonds is 5. The Morgan fingerprint density at radius 3 is 2.07 bits per heavy atom. The van der Waals surface area contributed by atoms with E-state index < -0.39 is 15.7 Å². The molecule has 0 bridgehead atoms. The molecule has 15 heavy (non-hydrogen) atoms. The zero-order chi connectivity index (χ0) is 12.1. The average Bonchev–Trinajstić information content (AvgIpc) is 2.09. The maximum atomic E-state index is 11.4. The van der Waals surface area contributed by atoms with Gasteiger partial charge in [-0.2, -0.15) is 0 Å². The highest BCUT2D eigenvalue weighted by Gasteiger charge is 2.34. The van der Waals surface area contributed by atoms with Crippen molar-refractivity contribution in [2.45, 2.75) is 10.2 Å². The molecule has 8 heteroatoms. The van der Waals surface area contributed by atoms with Crippen molar-refractivity contribution in [2.75, 3.05) is 19.7 Å². The lowest BCUT2D eigenvalue weighted by Crippen LogP contribution is -2.42. The van der Waals surface area contributed by atoms with Gasteiger partial charge in [0, 0.05) is 13.1 Å². The molecule has 0 radical (unpaired) electrons. The largest absolute Gasteiger partial charge is 0.481 e. The van der Waals surface area contributed by atoms with E-state index in [2.05, 4.69) is 0 Å². The summed E-state index contributed by atoms with van der Waals surface area (Å²) in [6.45, 7) is -0.505. The molecule has 1 amide bonds. The van der Waals surface area contributed by atoms with Crippen LogP contribution in [-0.4, -0.2) is 50.5 Å². The number of amides is 1. The van der Waals surface area contributed by atoms with Crippen molar-refractivity contribution in [3.05, 3.63) is 0 Å². The first-order valence-electron chi connectivity index (χ1n) is 3.97. The zero-order valence-corrected chi connectivity index (χ0v) is 9.89. The molecule has 0 atom stereocenters. The fourth-order valence-corrected chi connectivity index (χ4v) is 1.20. The van der Waals surface area contributed by atoms with Crippen molar-refractivity contribution in [1.29, 1.82) is 0 Å². The van der Waals surface area contributed by atoms with E-state index in [0.717, 1.165) is 4.90 Å². The van der Waals surface area contributed by atoms with Gasteiger partial charge in [0.05, 0.1) is 13.0 Å². The van der Waals surface area contributed by atoms with Gasteiger partial charge >= 0.3 is 5.97 Å². The summed E-state index contributed by atoms with van der Waals surface area (Å²) in [5.74, 6) is -1.92. The Kier molecular flexibility index (Phi) is 6.28. The van der Waals surface area contributed by atoms with Crippen LogP contribution in [0.2, 0.25) is 0 Å². The topological polar surface area (TPSA) is 77.8 Å². The lowest BCUT2D eigenvalue weighted by molar-refractivity contribution is -0.138. The van der Waals surface area contributed by atoms with Crippen molar-refractivity contribution in [2.24, 2.45) is 0 Å². The van der Waals surface area contributed by atoms with Crippen LogP contribution in [-0.2, 0) is 9.59 Å². The first-order valence-corrected chi connectivity index (χ1v) is 5.11. The Labute approximate surface area is 102 Å². The van der Waals surface area contributed by atoms with Gasteiger partial charge in [0.25, 0.3) is 9.70 Å². The molecule has 0 saturated carbocycles. The fourth-order valence-electron chi connectivity index (χ4n) is 0.845. The number of carbonyl (C=O) groups excluding carboxylic acids is 1. The van der Waals surface area contributed by atoms with E-state index in [4.69, 9.17) is 45.0 Å². The minimum atomic E-state index is -2.13. The number of carbonyl (C=O) groups is 2. The third kappa shape index (κ3) is 6.04. The van der Waals surface area contributed by atoms with Gasteiger partial charge in [0.1, 0.15) is 0 Å². The van der Waals surface area contributed by atoms with Crippen LogP contribution >= 0.6 is 34.8 Å². The highest BCUT2D eigenvalue weighted by molar-refractivity contribution is 6.76. The molecule has 0 aliphatic rings. The minimum absolute atomic E-state index is 0.0694. The highest BCUT2D eigenvalue weighted by atomic mass is 35.6. The Bertz CT molecular complexity index is 241. The van der Waals surface area contributed by atoms with E-state index in [1.54, 1.807) is 0 Å². The van der Waals surface area contributed by atoms with Crippen molar-refractivity contribution < 1.29 is 19.8 Å². The number of aliphatic carboxylic acids is 1. The number of alkyl halides is 3. The number of carboxylic acid groups (broad SMARTS) is 1. The second-order valence-corrected chi connectivity index (χ2v) is 4.94. The van der Waals surface area contributed by atoms with Gasteiger partial charge < -0.3 is 15.1 Å². The van der Waals surface area contributed by atoms with Crippen LogP contribution in [0.15, 0.2) is 0 Å². The normalized spacial score (nSPS) is 11.2. The molecule has 0 unspecified atom stereocenters. The summed E-state index contributed by atoms with van der Waals surface area (Å²) in [6.07, 6.45) is -0.271. The monoisotopic (exact) mass is 277 g/mol. The summed E-state index contributed by atoms with van der Waals surface area (Å²) in [4.78, 5) is 22.7. The summed E-state index contributed by atoms with van der Waals surface area (Å²) < 4.78 is -2.13. The standard InChI is InChI=1S/C7H10Cl3NO4/c8-7(9,10)6(15)11(3-4-12)2-1-5(13)14/h12H,1-4H2,(H,13,14). The summed E-state index contributed by atoms with van der Waals surface area (Å²) >= 11 is 16.0. The molecule has 0 aromatic heterocycles. The molecule has 0 aromatic rings. The van der Waals surface area contributed by atoms with E-state index in [1.807, 2.05) is 0 Å². The Balaban J connectivity index is 4.38. The number of carboxylic acids is 1. The molecule has 5 nitrogen and oxygen atoms in total. The number of hydrogen-bond acceptors (Lipinski definition) is 3. The fraction of sp³-hybridized carbons (Fsp3) is 0.714. The Hall–Kier alpha value is -0.230. The van der Waals surface area contributed by atoms with Crippen molar-refractivity contribution in [1.82, 2.24) is 4.90 Å². The van der Waals surface area contributed by atoms with Crippen LogP contribution in [0, 0.1) is 0 Å². The second-order valence-electron chi connectivity index (χ2n) is 2.66. The first-order chi connectivity index (χ1) is 6.79. The number of hydrogen-bond donors (Lipinski definition) is 2. The van der Waals surface area contributed by atoms with Gasteiger partial charge in [0.15, 0.2) is 0 Å². The molecule has 0 aromatic carbocycles. The van der Waals surface area contributed by atoms with Gasteiger partial charge in [-0.25, -0.2) is 0 Å². The highest BCUT2D eigenvalue weighted by Crippen LogP contribution is 2.28. The van der Waals surface area contributed by atoms with Crippen LogP contribution in [0.1, 0.15) is 6.42 Å². The van der Waals surface area contributed by atoms with Gasteiger partial charge in [-0.3, -0.25) is 9.59 Å². The zero-order valence-electron chi connectivity index (χ0n) is 7.62. The quantitative estimate of drug-likeness (QED) is 0.724. The van der Waals surface area contributed by atoms with Crippen LogP contribution in [0.5, 0.6) is 0 Å². The van der Waals surface area contributed by atoms with Crippen molar-refractivity contribution in [3.8, 4) is 0 Å². The molecular formula is C7H10Cl3NO4. The first kappa shape index (κ1) is 14.8. The number of aliphatic hydroxyl groups is 1. The molecule has 0 saturated heterocycles. The predicted molar refractivity (Wildman–Crippen MR) is 56.2 cm³/mol. The Morgan fingerprint density at radius 1 is 1.20 bits per heavy atom. The second kappa shape index (κ2) is 6.37.